The third-order valence-corrected chi connectivity index (χ3v) is 6.86. The minimum Gasteiger partial charge on any atom is -0.457 e. The lowest BCUT2D eigenvalue weighted by Crippen LogP contribution is -2.07. The SMILES string of the molecule is Cc1cc2oc(=O)cc(COC(=O)c3cc4c(s3)CCCCC4)c2cc1C(C)C. The van der Waals surface area contributed by atoms with Gasteiger partial charge in [0, 0.05) is 21.9 Å². The highest BCUT2D eigenvalue weighted by molar-refractivity contribution is 7.14. The van der Waals surface area contributed by atoms with Crippen molar-refractivity contribution in [1.29, 1.82) is 0 Å². The minimum atomic E-state index is -0.428. The first kappa shape index (κ1) is 19.9. The molecular weight excluding hydrogens is 384 g/mol. The Hall–Kier alpha value is -2.40. The molecule has 0 atom stereocenters. The van der Waals surface area contributed by atoms with Gasteiger partial charge in [0.25, 0.3) is 0 Å². The first-order chi connectivity index (χ1) is 13.9. The standard InChI is InChI=1S/C24H26O4S/c1-14(2)18-12-19-17(11-23(25)28-20(19)9-15(18)3)13-27-24(26)22-10-16-7-5-4-6-8-21(16)29-22/h9-12,14H,4-8,13H2,1-3H3. The maximum atomic E-state index is 12.7. The molecule has 1 aliphatic rings. The Bertz CT molecular complexity index is 1100. The van der Waals surface area contributed by atoms with Crippen molar-refractivity contribution < 1.29 is 13.9 Å². The molecule has 0 fully saturated rings. The smallest absolute Gasteiger partial charge is 0.348 e. The van der Waals surface area contributed by atoms with Crippen LogP contribution in [0.1, 0.15) is 75.8 Å². The zero-order valence-electron chi connectivity index (χ0n) is 17.2. The summed E-state index contributed by atoms with van der Waals surface area (Å²) in [6.45, 7) is 6.34. The largest absolute Gasteiger partial charge is 0.457 e. The van der Waals surface area contributed by atoms with Crippen molar-refractivity contribution in [2.45, 2.75) is 65.4 Å². The summed E-state index contributed by atoms with van der Waals surface area (Å²) in [6, 6.07) is 7.37. The number of benzene rings is 1. The van der Waals surface area contributed by atoms with Gasteiger partial charge >= 0.3 is 11.6 Å². The summed E-state index contributed by atoms with van der Waals surface area (Å²) in [5.74, 6) is 0.0314. The van der Waals surface area contributed by atoms with Gasteiger partial charge in [0.2, 0.25) is 0 Å². The number of esters is 1. The normalized spacial score (nSPS) is 14.1. The fraction of sp³-hybridized carbons (Fsp3) is 0.417. The molecule has 5 heteroatoms. The molecule has 4 nitrogen and oxygen atoms in total. The number of hydrogen-bond donors (Lipinski definition) is 0. The van der Waals surface area contributed by atoms with Crippen LogP contribution in [0.5, 0.6) is 0 Å². The number of fused-ring (bicyclic) bond motifs is 2. The molecule has 1 aromatic carbocycles. The van der Waals surface area contributed by atoms with Crippen molar-refractivity contribution in [1.82, 2.24) is 0 Å². The van der Waals surface area contributed by atoms with Gasteiger partial charge in [-0.25, -0.2) is 9.59 Å². The van der Waals surface area contributed by atoms with Crippen LogP contribution < -0.4 is 5.63 Å². The summed E-state index contributed by atoms with van der Waals surface area (Å²) in [4.78, 5) is 26.6. The molecule has 0 bridgehead atoms. The lowest BCUT2D eigenvalue weighted by Gasteiger charge is -2.13. The maximum absolute atomic E-state index is 12.7. The molecule has 0 amide bonds. The van der Waals surface area contributed by atoms with Gasteiger partial charge in [0.05, 0.1) is 0 Å². The Morgan fingerprint density at radius 3 is 2.72 bits per heavy atom. The summed E-state index contributed by atoms with van der Waals surface area (Å²) in [6.07, 6.45) is 5.71. The Morgan fingerprint density at radius 1 is 1.14 bits per heavy atom. The predicted molar refractivity (Wildman–Crippen MR) is 116 cm³/mol. The number of carbonyl (C=O) groups excluding carboxylic acids is 1. The molecule has 2 aromatic heterocycles. The third-order valence-electron chi connectivity index (χ3n) is 5.65. The zero-order valence-corrected chi connectivity index (χ0v) is 18.0. The molecule has 0 radical (unpaired) electrons. The first-order valence-corrected chi connectivity index (χ1v) is 11.1. The molecule has 0 spiro atoms. The monoisotopic (exact) mass is 410 g/mol. The highest BCUT2D eigenvalue weighted by Gasteiger charge is 2.18. The fourth-order valence-corrected chi connectivity index (χ4v) is 5.26. The molecule has 1 aliphatic carbocycles. The predicted octanol–water partition coefficient (Wildman–Crippen LogP) is 5.91. The van der Waals surface area contributed by atoms with Gasteiger partial charge in [-0.2, -0.15) is 0 Å². The molecule has 0 saturated heterocycles. The van der Waals surface area contributed by atoms with Gasteiger partial charge in [0.1, 0.15) is 17.1 Å². The molecular formula is C24H26O4S. The van der Waals surface area contributed by atoms with Crippen LogP contribution >= 0.6 is 11.3 Å². The van der Waals surface area contributed by atoms with Gasteiger partial charge in [-0.15, -0.1) is 11.3 Å². The van der Waals surface area contributed by atoms with Crippen LogP contribution in [0.15, 0.2) is 33.5 Å². The average Bonchev–Trinajstić information content (AvgIpc) is 2.95. The van der Waals surface area contributed by atoms with Crippen molar-refractivity contribution in [3.63, 3.8) is 0 Å². The molecule has 2 heterocycles. The average molecular weight is 411 g/mol. The first-order valence-electron chi connectivity index (χ1n) is 10.3. The van der Waals surface area contributed by atoms with Crippen molar-refractivity contribution in [2.24, 2.45) is 0 Å². The van der Waals surface area contributed by atoms with Crippen LogP contribution in [0, 0.1) is 6.92 Å². The van der Waals surface area contributed by atoms with E-state index < -0.39 is 5.63 Å². The summed E-state index contributed by atoms with van der Waals surface area (Å²) in [5.41, 5.74) is 4.37. The Morgan fingerprint density at radius 2 is 1.93 bits per heavy atom. The number of rotatable bonds is 4. The number of aryl methyl sites for hydroxylation is 3. The van der Waals surface area contributed by atoms with Crippen LogP contribution in [0.2, 0.25) is 0 Å². The molecule has 0 N–H and O–H groups in total. The van der Waals surface area contributed by atoms with E-state index >= 15 is 0 Å². The summed E-state index contributed by atoms with van der Waals surface area (Å²) in [7, 11) is 0. The van der Waals surface area contributed by atoms with E-state index in [1.807, 2.05) is 19.1 Å². The lowest BCUT2D eigenvalue weighted by molar-refractivity contribution is 0.0479. The molecule has 29 heavy (non-hydrogen) atoms. The Balaban J connectivity index is 1.60. The Kier molecular flexibility index (Phi) is 5.59. The number of thiophene rings is 1. The summed E-state index contributed by atoms with van der Waals surface area (Å²) < 4.78 is 11.0. The molecule has 0 unspecified atom stereocenters. The van der Waals surface area contributed by atoms with Crippen molar-refractivity contribution in [3.8, 4) is 0 Å². The van der Waals surface area contributed by atoms with Crippen molar-refractivity contribution in [2.75, 3.05) is 0 Å². The summed E-state index contributed by atoms with van der Waals surface area (Å²) >= 11 is 1.55. The van der Waals surface area contributed by atoms with Crippen molar-refractivity contribution in [3.05, 3.63) is 66.7 Å². The van der Waals surface area contributed by atoms with E-state index in [1.54, 1.807) is 11.3 Å². The quantitative estimate of drug-likeness (QED) is 0.305. The lowest BCUT2D eigenvalue weighted by atomic mass is 9.95. The third kappa shape index (κ3) is 4.15. The molecule has 4 rings (SSSR count). The van der Waals surface area contributed by atoms with Crippen LogP contribution in [0.3, 0.4) is 0 Å². The van der Waals surface area contributed by atoms with Gasteiger partial charge in [0.15, 0.2) is 0 Å². The zero-order chi connectivity index (χ0) is 20.5. The van der Waals surface area contributed by atoms with E-state index in [9.17, 15) is 9.59 Å². The van der Waals surface area contributed by atoms with Crippen LogP contribution in [-0.2, 0) is 24.2 Å². The topological polar surface area (TPSA) is 56.5 Å². The second-order valence-electron chi connectivity index (χ2n) is 8.15. The number of hydrogen-bond acceptors (Lipinski definition) is 5. The van der Waals surface area contributed by atoms with E-state index in [0.717, 1.165) is 23.8 Å². The molecule has 0 aliphatic heterocycles. The minimum absolute atomic E-state index is 0.0596. The Labute approximate surface area is 174 Å². The second-order valence-corrected chi connectivity index (χ2v) is 9.28. The fourth-order valence-electron chi connectivity index (χ4n) is 4.12. The van der Waals surface area contributed by atoms with Crippen LogP contribution in [-0.4, -0.2) is 5.97 Å². The summed E-state index contributed by atoms with van der Waals surface area (Å²) in [5, 5.41) is 0.827. The van der Waals surface area contributed by atoms with E-state index in [1.165, 1.54) is 41.3 Å². The van der Waals surface area contributed by atoms with E-state index in [4.69, 9.17) is 9.15 Å². The van der Waals surface area contributed by atoms with Gasteiger partial charge in [-0.1, -0.05) is 20.3 Å². The highest BCUT2D eigenvalue weighted by Crippen LogP contribution is 2.30. The van der Waals surface area contributed by atoms with Gasteiger partial charge < -0.3 is 9.15 Å². The van der Waals surface area contributed by atoms with E-state index in [-0.39, 0.29) is 12.6 Å². The van der Waals surface area contributed by atoms with E-state index in [0.29, 0.717) is 21.9 Å². The second kappa shape index (κ2) is 8.15. The van der Waals surface area contributed by atoms with Gasteiger partial charge in [-0.3, -0.25) is 0 Å². The molecule has 0 saturated carbocycles. The number of ether oxygens (including phenoxy) is 1. The van der Waals surface area contributed by atoms with E-state index in [2.05, 4.69) is 19.9 Å². The highest BCUT2D eigenvalue weighted by atomic mass is 32.1. The van der Waals surface area contributed by atoms with Gasteiger partial charge in [-0.05, 0) is 73.4 Å². The van der Waals surface area contributed by atoms with Crippen molar-refractivity contribution >= 4 is 28.3 Å². The molecule has 152 valence electrons. The maximum Gasteiger partial charge on any atom is 0.348 e. The van der Waals surface area contributed by atoms with Crippen LogP contribution in [0.4, 0.5) is 0 Å². The molecule has 3 aromatic rings. The number of carbonyl (C=O) groups is 1. The van der Waals surface area contributed by atoms with Crippen LogP contribution in [0.25, 0.3) is 11.0 Å².